The van der Waals surface area contributed by atoms with E-state index >= 15 is 0 Å². The normalized spacial score (nSPS) is 11.8. The van der Waals surface area contributed by atoms with Crippen LogP contribution in [0.3, 0.4) is 0 Å². The van der Waals surface area contributed by atoms with E-state index in [4.69, 9.17) is 4.74 Å². The first-order valence-electron chi connectivity index (χ1n) is 7.66. The molecule has 22 heavy (non-hydrogen) atoms. The lowest BCUT2D eigenvalue weighted by molar-refractivity contribution is -0.123. The van der Waals surface area contributed by atoms with E-state index in [1.54, 1.807) is 0 Å². The summed E-state index contributed by atoms with van der Waals surface area (Å²) in [5, 5.41) is 2.95. The van der Waals surface area contributed by atoms with Gasteiger partial charge < -0.3 is 10.1 Å². The van der Waals surface area contributed by atoms with Crippen molar-refractivity contribution < 1.29 is 9.53 Å². The van der Waals surface area contributed by atoms with Gasteiger partial charge >= 0.3 is 0 Å². The number of ether oxygens (including phenoxy) is 1. The van der Waals surface area contributed by atoms with Crippen LogP contribution in [0.2, 0.25) is 0 Å². The summed E-state index contributed by atoms with van der Waals surface area (Å²) in [7, 11) is 0. The van der Waals surface area contributed by atoms with Gasteiger partial charge in [0, 0.05) is 0 Å². The van der Waals surface area contributed by atoms with E-state index in [0.29, 0.717) is 0 Å². The lowest BCUT2D eigenvalue weighted by Crippen LogP contribution is -2.31. The zero-order valence-electron chi connectivity index (χ0n) is 13.4. The second-order valence-electron chi connectivity index (χ2n) is 5.49. The predicted octanol–water partition coefficient (Wildman–Crippen LogP) is 3.81. The zero-order chi connectivity index (χ0) is 15.9. The molecule has 0 fully saturated rings. The van der Waals surface area contributed by atoms with Crippen LogP contribution in [-0.2, 0) is 11.2 Å². The molecule has 0 aliphatic heterocycles. The van der Waals surface area contributed by atoms with Crippen LogP contribution in [0, 0.1) is 6.92 Å². The molecule has 0 saturated heterocycles. The first kappa shape index (κ1) is 16.1. The van der Waals surface area contributed by atoms with E-state index in [-0.39, 0.29) is 18.6 Å². The van der Waals surface area contributed by atoms with Gasteiger partial charge in [-0.3, -0.25) is 4.79 Å². The number of benzene rings is 2. The molecular weight excluding hydrogens is 274 g/mol. The van der Waals surface area contributed by atoms with Gasteiger partial charge in [0.25, 0.3) is 5.91 Å². The fourth-order valence-electron chi connectivity index (χ4n) is 2.26. The molecule has 3 nitrogen and oxygen atoms in total. The number of carbonyl (C=O) groups is 1. The monoisotopic (exact) mass is 297 g/mol. The van der Waals surface area contributed by atoms with Crippen LogP contribution >= 0.6 is 0 Å². The van der Waals surface area contributed by atoms with Crippen molar-refractivity contribution in [2.24, 2.45) is 0 Å². The molecule has 2 aromatic carbocycles. The Bertz CT molecular complexity index is 620. The lowest BCUT2D eigenvalue weighted by Gasteiger charge is -2.15. The molecule has 3 heteroatoms. The number of hydrogen-bond donors (Lipinski definition) is 1. The first-order valence-corrected chi connectivity index (χ1v) is 7.66. The molecule has 1 amide bonds. The van der Waals surface area contributed by atoms with Crippen molar-refractivity contribution in [1.82, 2.24) is 5.32 Å². The summed E-state index contributed by atoms with van der Waals surface area (Å²) in [5.74, 6) is 0.601. The van der Waals surface area contributed by atoms with E-state index in [1.165, 1.54) is 5.56 Å². The van der Waals surface area contributed by atoms with Gasteiger partial charge in [0.05, 0.1) is 6.04 Å². The lowest BCUT2D eigenvalue weighted by atomic mass is 10.1. The Balaban J connectivity index is 1.85. The molecule has 0 aliphatic rings. The number of aryl methyl sites for hydroxylation is 2. The van der Waals surface area contributed by atoms with Gasteiger partial charge in [-0.15, -0.1) is 0 Å². The molecule has 0 saturated carbocycles. The number of amides is 1. The minimum absolute atomic E-state index is 0.0282. The van der Waals surface area contributed by atoms with Crippen molar-refractivity contribution in [2.45, 2.75) is 33.2 Å². The minimum Gasteiger partial charge on any atom is -0.484 e. The van der Waals surface area contributed by atoms with Gasteiger partial charge in [0.2, 0.25) is 0 Å². The first-order chi connectivity index (χ1) is 10.6. The summed E-state index contributed by atoms with van der Waals surface area (Å²) in [4.78, 5) is 12.0. The third-order valence-corrected chi connectivity index (χ3v) is 3.62. The molecule has 2 rings (SSSR count). The fourth-order valence-corrected chi connectivity index (χ4v) is 2.26. The Morgan fingerprint density at radius 3 is 2.55 bits per heavy atom. The van der Waals surface area contributed by atoms with Gasteiger partial charge in [-0.05, 0) is 49.1 Å². The summed E-state index contributed by atoms with van der Waals surface area (Å²) in [6, 6.07) is 16.0. The molecule has 0 aliphatic carbocycles. The molecule has 1 atom stereocenters. The van der Waals surface area contributed by atoms with Crippen molar-refractivity contribution >= 4 is 5.91 Å². The molecule has 0 radical (unpaired) electrons. The number of nitrogens with one attached hydrogen (secondary N) is 1. The van der Waals surface area contributed by atoms with Gasteiger partial charge in [-0.25, -0.2) is 0 Å². The van der Waals surface area contributed by atoms with E-state index in [9.17, 15) is 4.79 Å². The molecular formula is C19H23NO2. The van der Waals surface area contributed by atoms with Crippen LogP contribution in [0.5, 0.6) is 5.75 Å². The maximum Gasteiger partial charge on any atom is 0.258 e. The maximum absolute atomic E-state index is 12.0. The molecule has 0 bridgehead atoms. The van der Waals surface area contributed by atoms with Crippen LogP contribution < -0.4 is 10.1 Å². The largest absolute Gasteiger partial charge is 0.484 e. The highest BCUT2D eigenvalue weighted by Gasteiger charge is 2.10. The van der Waals surface area contributed by atoms with Gasteiger partial charge in [-0.1, -0.05) is 43.3 Å². The van der Waals surface area contributed by atoms with Crippen LogP contribution in [0.4, 0.5) is 0 Å². The molecule has 1 unspecified atom stereocenters. The molecule has 1 N–H and O–H groups in total. The third kappa shape index (κ3) is 4.62. The Kier molecular flexibility index (Phi) is 5.59. The Hall–Kier alpha value is -2.29. The van der Waals surface area contributed by atoms with Gasteiger partial charge in [0.1, 0.15) is 5.75 Å². The van der Waals surface area contributed by atoms with Crippen molar-refractivity contribution in [1.29, 1.82) is 0 Å². The summed E-state index contributed by atoms with van der Waals surface area (Å²) < 4.78 is 5.51. The smallest absolute Gasteiger partial charge is 0.258 e. The van der Waals surface area contributed by atoms with Crippen LogP contribution in [0.1, 0.15) is 36.6 Å². The highest BCUT2D eigenvalue weighted by atomic mass is 16.5. The standard InChI is InChI=1S/C19H23NO2/c1-4-16-8-10-17(11-9-16)15(3)20-19(21)13-22-18-7-5-6-14(2)12-18/h5-12,15H,4,13H2,1-3H3,(H,20,21). The zero-order valence-corrected chi connectivity index (χ0v) is 13.4. The van der Waals surface area contributed by atoms with Crippen LogP contribution in [0.15, 0.2) is 48.5 Å². The summed E-state index contributed by atoms with van der Waals surface area (Å²) in [6.07, 6.45) is 1.02. The molecule has 2 aromatic rings. The van der Waals surface area contributed by atoms with Gasteiger partial charge in [0.15, 0.2) is 6.61 Å². The number of rotatable bonds is 6. The van der Waals surface area contributed by atoms with E-state index in [0.717, 1.165) is 23.3 Å². The van der Waals surface area contributed by atoms with Crippen molar-refractivity contribution in [2.75, 3.05) is 6.61 Å². The quantitative estimate of drug-likeness (QED) is 0.880. The Morgan fingerprint density at radius 2 is 1.91 bits per heavy atom. The third-order valence-electron chi connectivity index (χ3n) is 3.62. The minimum atomic E-state index is -0.117. The molecule has 0 aromatic heterocycles. The Labute approximate surface area is 132 Å². The van der Waals surface area contributed by atoms with Crippen LogP contribution in [0.25, 0.3) is 0 Å². The summed E-state index contributed by atoms with van der Waals surface area (Å²) in [5.41, 5.74) is 3.51. The SMILES string of the molecule is CCc1ccc(C(C)NC(=O)COc2cccc(C)c2)cc1. The second kappa shape index (κ2) is 7.64. The predicted molar refractivity (Wildman–Crippen MR) is 89.1 cm³/mol. The molecule has 0 heterocycles. The highest BCUT2D eigenvalue weighted by molar-refractivity contribution is 5.78. The van der Waals surface area contributed by atoms with Gasteiger partial charge in [-0.2, -0.15) is 0 Å². The highest BCUT2D eigenvalue weighted by Crippen LogP contribution is 2.14. The number of carbonyl (C=O) groups excluding carboxylic acids is 1. The van der Waals surface area contributed by atoms with Crippen molar-refractivity contribution in [3.8, 4) is 5.75 Å². The average molecular weight is 297 g/mol. The average Bonchev–Trinajstić information content (AvgIpc) is 2.53. The maximum atomic E-state index is 12.0. The van der Waals surface area contributed by atoms with E-state index < -0.39 is 0 Å². The second-order valence-corrected chi connectivity index (χ2v) is 5.49. The molecule has 116 valence electrons. The van der Waals surface area contributed by atoms with Crippen LogP contribution in [-0.4, -0.2) is 12.5 Å². The summed E-state index contributed by atoms with van der Waals surface area (Å²) >= 11 is 0. The van der Waals surface area contributed by atoms with E-state index in [2.05, 4.69) is 36.5 Å². The number of hydrogen-bond acceptors (Lipinski definition) is 2. The summed E-state index contributed by atoms with van der Waals surface area (Å²) in [6.45, 7) is 6.13. The van der Waals surface area contributed by atoms with Crippen molar-refractivity contribution in [3.63, 3.8) is 0 Å². The van der Waals surface area contributed by atoms with Crippen molar-refractivity contribution in [3.05, 3.63) is 65.2 Å². The topological polar surface area (TPSA) is 38.3 Å². The fraction of sp³-hybridized carbons (Fsp3) is 0.316. The Morgan fingerprint density at radius 1 is 1.18 bits per heavy atom. The van der Waals surface area contributed by atoms with E-state index in [1.807, 2.05) is 38.1 Å². The molecule has 0 spiro atoms.